The van der Waals surface area contributed by atoms with Crippen LogP contribution in [-0.4, -0.2) is 47.9 Å². The number of amides is 1. The monoisotopic (exact) mass is 209 g/mol. The van der Waals surface area contributed by atoms with Crippen molar-refractivity contribution in [2.75, 3.05) is 26.2 Å². The van der Waals surface area contributed by atoms with Crippen LogP contribution >= 0.6 is 0 Å². The summed E-state index contributed by atoms with van der Waals surface area (Å²) in [4.78, 5) is 15.8. The second kappa shape index (κ2) is 4.97. The number of nitrogens with zero attached hydrogens (tertiary/aromatic N) is 2. The summed E-state index contributed by atoms with van der Waals surface area (Å²) in [7, 11) is 0. The highest BCUT2D eigenvalue weighted by molar-refractivity contribution is 5.77. The van der Waals surface area contributed by atoms with Gasteiger partial charge in [-0.25, -0.2) is 0 Å². The lowest BCUT2D eigenvalue weighted by atomic mass is 10.2. The fourth-order valence-corrected chi connectivity index (χ4v) is 2.53. The van der Waals surface area contributed by atoms with Gasteiger partial charge in [-0.15, -0.1) is 0 Å². The van der Waals surface area contributed by atoms with Gasteiger partial charge in [-0.2, -0.15) is 0 Å². The molecule has 2 fully saturated rings. The van der Waals surface area contributed by atoms with Gasteiger partial charge in [-0.05, 0) is 45.7 Å². The first-order chi connectivity index (χ1) is 7.27. The number of hydrogen-bond donors (Lipinski definition) is 0. The van der Waals surface area contributed by atoms with Crippen LogP contribution in [0.25, 0.3) is 0 Å². The van der Waals surface area contributed by atoms with Gasteiger partial charge in [0.1, 0.15) is 0 Å². The lowest BCUT2D eigenvalue weighted by Gasteiger charge is -2.25. The van der Waals surface area contributed by atoms with E-state index in [1.165, 1.54) is 25.9 Å². The number of hydrogen-bond acceptors (Lipinski definition) is 2. The van der Waals surface area contributed by atoms with E-state index in [0.29, 0.717) is 11.9 Å². The third kappa shape index (κ3) is 2.71. The SMILES string of the molecule is [CH2]C(CCN1CCCC1=O)N1CCCC1. The molecule has 15 heavy (non-hydrogen) atoms. The molecule has 3 nitrogen and oxygen atoms in total. The highest BCUT2D eigenvalue weighted by atomic mass is 16.2. The van der Waals surface area contributed by atoms with E-state index in [2.05, 4.69) is 11.8 Å². The predicted molar refractivity (Wildman–Crippen MR) is 60.4 cm³/mol. The van der Waals surface area contributed by atoms with Crippen molar-refractivity contribution < 1.29 is 4.79 Å². The van der Waals surface area contributed by atoms with Crippen LogP contribution in [-0.2, 0) is 4.79 Å². The van der Waals surface area contributed by atoms with Crippen LogP contribution in [0.2, 0.25) is 0 Å². The Morgan fingerprint density at radius 2 is 1.93 bits per heavy atom. The van der Waals surface area contributed by atoms with Crippen LogP contribution in [0, 0.1) is 6.92 Å². The Labute approximate surface area is 92.4 Å². The molecule has 2 saturated heterocycles. The number of carbonyl (C=O) groups is 1. The Morgan fingerprint density at radius 3 is 2.53 bits per heavy atom. The van der Waals surface area contributed by atoms with Gasteiger partial charge in [0.05, 0.1) is 0 Å². The molecule has 0 bridgehead atoms. The lowest BCUT2D eigenvalue weighted by molar-refractivity contribution is -0.127. The molecule has 1 unspecified atom stereocenters. The molecule has 2 heterocycles. The average Bonchev–Trinajstić information content (AvgIpc) is 2.85. The molecule has 85 valence electrons. The molecule has 3 heteroatoms. The van der Waals surface area contributed by atoms with Crippen molar-refractivity contribution in [1.29, 1.82) is 0 Å². The molecule has 2 aliphatic heterocycles. The standard InChI is InChI=1S/C12H21N2O/c1-11(13-7-2-3-8-13)6-10-14-9-4-5-12(14)15/h11H,1-10H2. The molecule has 0 spiro atoms. The normalized spacial score (nSPS) is 25.1. The van der Waals surface area contributed by atoms with Crippen molar-refractivity contribution in [3.63, 3.8) is 0 Å². The summed E-state index contributed by atoms with van der Waals surface area (Å²) in [6.07, 6.45) is 5.46. The molecule has 0 N–H and O–H groups in total. The van der Waals surface area contributed by atoms with E-state index in [-0.39, 0.29) is 0 Å². The van der Waals surface area contributed by atoms with Gasteiger partial charge in [-0.3, -0.25) is 4.79 Å². The van der Waals surface area contributed by atoms with E-state index in [1.807, 2.05) is 4.90 Å². The Balaban J connectivity index is 1.70. The Bertz CT molecular complexity index is 224. The smallest absolute Gasteiger partial charge is 0.222 e. The molecule has 2 aliphatic rings. The van der Waals surface area contributed by atoms with Gasteiger partial charge in [0.2, 0.25) is 5.91 Å². The highest BCUT2D eigenvalue weighted by Gasteiger charge is 2.22. The van der Waals surface area contributed by atoms with Crippen LogP contribution in [0.15, 0.2) is 0 Å². The highest BCUT2D eigenvalue weighted by Crippen LogP contribution is 2.15. The fourth-order valence-electron chi connectivity index (χ4n) is 2.53. The molecule has 0 aliphatic carbocycles. The summed E-state index contributed by atoms with van der Waals surface area (Å²) < 4.78 is 0. The van der Waals surface area contributed by atoms with Crippen molar-refractivity contribution in [2.24, 2.45) is 0 Å². The van der Waals surface area contributed by atoms with Crippen molar-refractivity contribution in [2.45, 2.75) is 38.1 Å². The summed E-state index contributed by atoms with van der Waals surface area (Å²) in [5, 5.41) is 0. The maximum atomic E-state index is 11.4. The van der Waals surface area contributed by atoms with Crippen molar-refractivity contribution in [3.05, 3.63) is 6.92 Å². The van der Waals surface area contributed by atoms with E-state index in [1.54, 1.807) is 0 Å². The van der Waals surface area contributed by atoms with Crippen LogP contribution in [0.4, 0.5) is 0 Å². The second-order valence-electron chi connectivity index (χ2n) is 4.67. The zero-order chi connectivity index (χ0) is 10.7. The van der Waals surface area contributed by atoms with Crippen LogP contribution in [0.3, 0.4) is 0 Å². The summed E-state index contributed by atoms with van der Waals surface area (Å²) in [5.41, 5.74) is 0. The Hall–Kier alpha value is -0.570. The van der Waals surface area contributed by atoms with Crippen LogP contribution in [0.1, 0.15) is 32.1 Å². The number of likely N-dealkylation sites (tertiary alicyclic amines) is 2. The quantitative estimate of drug-likeness (QED) is 0.696. The molecular weight excluding hydrogens is 188 g/mol. The molecule has 2 rings (SSSR count). The van der Waals surface area contributed by atoms with Gasteiger partial charge in [-0.1, -0.05) is 0 Å². The third-order valence-electron chi connectivity index (χ3n) is 3.56. The molecule has 0 aromatic carbocycles. The van der Waals surface area contributed by atoms with E-state index < -0.39 is 0 Å². The first-order valence-electron chi connectivity index (χ1n) is 6.12. The van der Waals surface area contributed by atoms with Crippen molar-refractivity contribution in [3.8, 4) is 0 Å². The third-order valence-corrected chi connectivity index (χ3v) is 3.56. The Morgan fingerprint density at radius 1 is 1.20 bits per heavy atom. The molecular formula is C12H21N2O. The summed E-state index contributed by atoms with van der Waals surface area (Å²) in [6.45, 7) is 8.46. The minimum atomic E-state index is 0.337. The molecule has 1 amide bonds. The summed E-state index contributed by atoms with van der Waals surface area (Å²) in [6, 6.07) is 0.404. The second-order valence-corrected chi connectivity index (χ2v) is 4.67. The Kier molecular flexibility index (Phi) is 3.62. The molecule has 0 saturated carbocycles. The van der Waals surface area contributed by atoms with Gasteiger partial charge < -0.3 is 9.80 Å². The average molecular weight is 209 g/mol. The molecule has 1 atom stereocenters. The predicted octanol–water partition coefficient (Wildman–Crippen LogP) is 1.30. The van der Waals surface area contributed by atoms with Crippen LogP contribution in [0.5, 0.6) is 0 Å². The van der Waals surface area contributed by atoms with Gasteiger partial charge in [0, 0.05) is 25.6 Å². The summed E-state index contributed by atoms with van der Waals surface area (Å²) in [5.74, 6) is 0.337. The zero-order valence-corrected chi connectivity index (χ0v) is 9.45. The van der Waals surface area contributed by atoms with E-state index in [0.717, 1.165) is 32.4 Å². The van der Waals surface area contributed by atoms with Gasteiger partial charge >= 0.3 is 0 Å². The summed E-state index contributed by atoms with van der Waals surface area (Å²) >= 11 is 0. The molecule has 0 aromatic heterocycles. The maximum absolute atomic E-state index is 11.4. The van der Waals surface area contributed by atoms with E-state index in [4.69, 9.17) is 0 Å². The van der Waals surface area contributed by atoms with E-state index in [9.17, 15) is 4.79 Å². The first-order valence-corrected chi connectivity index (χ1v) is 6.12. The largest absolute Gasteiger partial charge is 0.343 e. The van der Waals surface area contributed by atoms with Gasteiger partial charge in [0.15, 0.2) is 0 Å². The molecule has 0 aromatic rings. The lowest BCUT2D eigenvalue weighted by Crippen LogP contribution is -2.35. The van der Waals surface area contributed by atoms with E-state index >= 15 is 0 Å². The topological polar surface area (TPSA) is 23.6 Å². The first kappa shape index (κ1) is 10.9. The van der Waals surface area contributed by atoms with Gasteiger partial charge in [0.25, 0.3) is 0 Å². The fraction of sp³-hybridized carbons (Fsp3) is 0.833. The van der Waals surface area contributed by atoms with Crippen LogP contribution < -0.4 is 0 Å². The molecule has 1 radical (unpaired) electrons. The zero-order valence-electron chi connectivity index (χ0n) is 9.45. The minimum absolute atomic E-state index is 0.337. The maximum Gasteiger partial charge on any atom is 0.222 e. The number of rotatable bonds is 4. The minimum Gasteiger partial charge on any atom is -0.343 e. The van der Waals surface area contributed by atoms with Crippen molar-refractivity contribution >= 4 is 5.91 Å². The van der Waals surface area contributed by atoms with Crippen molar-refractivity contribution in [1.82, 2.24) is 9.80 Å². The number of carbonyl (C=O) groups excluding carboxylic acids is 1.